The van der Waals surface area contributed by atoms with Crippen molar-refractivity contribution in [2.45, 2.75) is 31.9 Å². The topological polar surface area (TPSA) is 47.6 Å². The zero-order chi connectivity index (χ0) is 13.9. The third-order valence-electron chi connectivity index (χ3n) is 3.85. The Bertz CT molecular complexity index is 467. The Morgan fingerprint density at radius 1 is 1.30 bits per heavy atom. The van der Waals surface area contributed by atoms with Gasteiger partial charge in [-0.3, -0.25) is 4.79 Å². The molecule has 1 saturated carbocycles. The maximum Gasteiger partial charge on any atom is 0.169 e. The molecule has 0 aromatic heterocycles. The van der Waals surface area contributed by atoms with Crippen molar-refractivity contribution in [2.24, 2.45) is 5.92 Å². The molecule has 2 unspecified atom stereocenters. The highest BCUT2D eigenvalue weighted by Gasteiger charge is 2.33. The minimum Gasteiger partial charge on any atom is -0.490 e. The van der Waals surface area contributed by atoms with Crippen LogP contribution in [-0.2, 0) is 4.74 Å². The quantitative estimate of drug-likeness (QED) is 0.807. The van der Waals surface area contributed by atoms with Gasteiger partial charge in [0.2, 0.25) is 0 Å². The van der Waals surface area contributed by atoms with Crippen LogP contribution in [0.15, 0.2) is 24.3 Å². The van der Waals surface area contributed by atoms with Crippen molar-refractivity contribution in [3.05, 3.63) is 29.8 Å². The maximum absolute atomic E-state index is 12.5. The molecule has 20 heavy (non-hydrogen) atoms. The van der Waals surface area contributed by atoms with Gasteiger partial charge in [-0.15, -0.1) is 0 Å². The summed E-state index contributed by atoms with van der Waals surface area (Å²) in [4.78, 5) is 12.5. The van der Waals surface area contributed by atoms with E-state index in [1.807, 2.05) is 31.2 Å². The number of hydrogen-bond donors (Lipinski definition) is 1. The minimum atomic E-state index is -0.0786. The molecule has 2 aliphatic rings. The van der Waals surface area contributed by atoms with Crippen LogP contribution in [0.25, 0.3) is 0 Å². The lowest BCUT2D eigenvalue weighted by Gasteiger charge is -2.17. The second-order valence-corrected chi connectivity index (χ2v) is 5.51. The highest BCUT2D eigenvalue weighted by atomic mass is 16.5. The number of likely N-dealkylation sites (N-methyl/N-ethyl adjacent to an activating group) is 1. The summed E-state index contributed by atoms with van der Waals surface area (Å²) in [5.41, 5.74) is 0.742. The Balaban J connectivity index is 1.66. The minimum absolute atomic E-state index is 0.0786. The summed E-state index contributed by atoms with van der Waals surface area (Å²) in [6, 6.07) is 7.64. The average molecular weight is 275 g/mol. The van der Waals surface area contributed by atoms with Gasteiger partial charge >= 0.3 is 0 Å². The lowest BCUT2D eigenvalue weighted by atomic mass is 9.93. The zero-order valence-corrected chi connectivity index (χ0v) is 11.8. The third-order valence-corrected chi connectivity index (χ3v) is 3.85. The average Bonchev–Trinajstić information content (AvgIpc) is 3.15. The fourth-order valence-electron chi connectivity index (χ4n) is 2.57. The zero-order valence-electron chi connectivity index (χ0n) is 11.8. The van der Waals surface area contributed by atoms with Crippen molar-refractivity contribution in [3.63, 3.8) is 0 Å². The van der Waals surface area contributed by atoms with Crippen LogP contribution in [0.2, 0.25) is 0 Å². The Hall–Kier alpha value is -1.39. The van der Waals surface area contributed by atoms with E-state index in [1.165, 1.54) is 0 Å². The van der Waals surface area contributed by atoms with Crippen LogP contribution in [0.4, 0.5) is 0 Å². The van der Waals surface area contributed by atoms with Crippen LogP contribution in [0.3, 0.4) is 0 Å². The first-order chi connectivity index (χ1) is 9.78. The predicted octanol–water partition coefficient (Wildman–Crippen LogP) is 2.04. The highest BCUT2D eigenvalue weighted by Crippen LogP contribution is 2.27. The van der Waals surface area contributed by atoms with Crippen molar-refractivity contribution < 1.29 is 14.3 Å². The summed E-state index contributed by atoms with van der Waals surface area (Å²) in [6.07, 6.45) is 2.67. The number of carbonyl (C=O) groups excluding carboxylic acids is 1. The summed E-state index contributed by atoms with van der Waals surface area (Å²) in [7, 11) is 0. The summed E-state index contributed by atoms with van der Waals surface area (Å²) >= 11 is 0. The molecule has 0 amide bonds. The van der Waals surface area contributed by atoms with Crippen molar-refractivity contribution in [1.82, 2.24) is 5.32 Å². The van der Waals surface area contributed by atoms with Crippen molar-refractivity contribution >= 4 is 5.78 Å². The van der Waals surface area contributed by atoms with Gasteiger partial charge in [0.25, 0.3) is 0 Å². The molecule has 1 saturated heterocycles. The van der Waals surface area contributed by atoms with Gasteiger partial charge in [-0.25, -0.2) is 0 Å². The smallest absolute Gasteiger partial charge is 0.169 e. The number of ether oxygens (including phenoxy) is 2. The Morgan fingerprint density at radius 2 is 2.05 bits per heavy atom. The lowest BCUT2D eigenvalue weighted by molar-refractivity contribution is 0.0891. The third kappa shape index (κ3) is 3.02. The van der Waals surface area contributed by atoms with E-state index in [4.69, 9.17) is 9.47 Å². The van der Waals surface area contributed by atoms with Crippen molar-refractivity contribution in [2.75, 3.05) is 19.8 Å². The van der Waals surface area contributed by atoms with E-state index < -0.39 is 0 Å². The van der Waals surface area contributed by atoms with E-state index in [-0.39, 0.29) is 17.7 Å². The van der Waals surface area contributed by atoms with E-state index >= 15 is 0 Å². The van der Waals surface area contributed by atoms with Gasteiger partial charge in [0.1, 0.15) is 5.75 Å². The van der Waals surface area contributed by atoms with E-state index in [1.54, 1.807) is 0 Å². The number of carbonyl (C=O) groups is 1. The molecule has 3 rings (SSSR count). The molecule has 1 aliphatic carbocycles. The number of rotatable bonds is 6. The van der Waals surface area contributed by atoms with Gasteiger partial charge in [-0.1, -0.05) is 6.92 Å². The van der Waals surface area contributed by atoms with E-state index in [9.17, 15) is 4.79 Å². The molecule has 4 heteroatoms. The van der Waals surface area contributed by atoms with Crippen LogP contribution < -0.4 is 10.1 Å². The SMILES string of the molecule is CCNC1COCC1C(=O)c1ccc(OC2CC2)cc1. The molecule has 1 aromatic carbocycles. The van der Waals surface area contributed by atoms with E-state index in [0.717, 1.165) is 30.7 Å². The van der Waals surface area contributed by atoms with Gasteiger partial charge in [0.15, 0.2) is 5.78 Å². The Labute approximate surface area is 119 Å². The number of benzene rings is 1. The number of Topliss-reactive ketones (excluding diaryl/α,β-unsaturated/α-hetero) is 1. The molecule has 0 spiro atoms. The van der Waals surface area contributed by atoms with E-state index in [0.29, 0.717) is 19.3 Å². The molecule has 2 fully saturated rings. The molecular weight excluding hydrogens is 254 g/mol. The largest absolute Gasteiger partial charge is 0.490 e. The van der Waals surface area contributed by atoms with Gasteiger partial charge in [-0.2, -0.15) is 0 Å². The van der Waals surface area contributed by atoms with Crippen LogP contribution >= 0.6 is 0 Å². The fraction of sp³-hybridized carbons (Fsp3) is 0.562. The molecule has 1 N–H and O–H groups in total. The predicted molar refractivity (Wildman–Crippen MR) is 76.2 cm³/mol. The van der Waals surface area contributed by atoms with Crippen molar-refractivity contribution in [3.8, 4) is 5.75 Å². The summed E-state index contributed by atoms with van der Waals surface area (Å²) in [5, 5.41) is 3.32. The molecule has 0 bridgehead atoms. The first-order valence-corrected chi connectivity index (χ1v) is 7.40. The van der Waals surface area contributed by atoms with Gasteiger partial charge in [0, 0.05) is 11.6 Å². The molecule has 108 valence electrons. The molecular formula is C16H21NO3. The van der Waals surface area contributed by atoms with Gasteiger partial charge < -0.3 is 14.8 Å². The van der Waals surface area contributed by atoms with Crippen LogP contribution in [0.1, 0.15) is 30.1 Å². The molecule has 1 aromatic rings. The molecule has 1 aliphatic heterocycles. The fourth-order valence-corrected chi connectivity index (χ4v) is 2.57. The number of nitrogens with one attached hydrogen (secondary N) is 1. The van der Waals surface area contributed by atoms with Crippen molar-refractivity contribution in [1.29, 1.82) is 0 Å². The first-order valence-electron chi connectivity index (χ1n) is 7.40. The summed E-state index contributed by atoms with van der Waals surface area (Å²) < 4.78 is 11.1. The van der Waals surface area contributed by atoms with Gasteiger partial charge in [-0.05, 0) is 43.7 Å². The second-order valence-electron chi connectivity index (χ2n) is 5.51. The summed E-state index contributed by atoms with van der Waals surface area (Å²) in [6.45, 7) is 4.03. The number of ketones is 1. The molecule has 1 heterocycles. The standard InChI is InChI=1S/C16H21NO3/c1-2-17-15-10-19-9-14(15)16(18)11-3-5-12(6-4-11)20-13-7-8-13/h3-6,13-15,17H,2,7-10H2,1H3. The normalized spacial score (nSPS) is 25.6. The highest BCUT2D eigenvalue weighted by molar-refractivity contribution is 5.98. The monoisotopic (exact) mass is 275 g/mol. The van der Waals surface area contributed by atoms with Crippen LogP contribution in [0, 0.1) is 5.92 Å². The summed E-state index contributed by atoms with van der Waals surface area (Å²) in [5.74, 6) is 0.937. The molecule has 4 nitrogen and oxygen atoms in total. The molecule has 0 radical (unpaired) electrons. The molecule has 2 atom stereocenters. The van der Waals surface area contributed by atoms with Crippen LogP contribution in [0.5, 0.6) is 5.75 Å². The van der Waals surface area contributed by atoms with Gasteiger partial charge in [0.05, 0.1) is 25.2 Å². The van der Waals surface area contributed by atoms with Crippen LogP contribution in [-0.4, -0.2) is 37.7 Å². The Kier molecular flexibility index (Phi) is 4.03. The second kappa shape index (κ2) is 5.94. The number of hydrogen-bond acceptors (Lipinski definition) is 4. The maximum atomic E-state index is 12.5. The first kappa shape index (κ1) is 13.6. The Morgan fingerprint density at radius 3 is 2.70 bits per heavy atom. The van der Waals surface area contributed by atoms with E-state index in [2.05, 4.69) is 5.32 Å². The lowest BCUT2D eigenvalue weighted by Crippen LogP contribution is -2.39.